The third-order valence-corrected chi connectivity index (χ3v) is 6.32. The molecule has 0 radical (unpaired) electrons. The van der Waals surface area contributed by atoms with Crippen molar-refractivity contribution in [2.45, 2.75) is 58.9 Å². The first-order valence-corrected chi connectivity index (χ1v) is 9.79. The van der Waals surface area contributed by atoms with Crippen LogP contribution in [0.3, 0.4) is 0 Å². The summed E-state index contributed by atoms with van der Waals surface area (Å²) in [5.41, 5.74) is 0.743. The van der Waals surface area contributed by atoms with Crippen LogP contribution in [-0.2, 0) is 0 Å². The van der Waals surface area contributed by atoms with Crippen LogP contribution in [0.2, 0.25) is 0 Å². The average molecular weight is 308 g/mol. The van der Waals surface area contributed by atoms with E-state index in [1.807, 2.05) is 0 Å². The van der Waals surface area contributed by atoms with Crippen molar-refractivity contribution in [1.29, 1.82) is 0 Å². The minimum Gasteiger partial charge on any atom is -0.302 e. The Labute approximate surface area is 138 Å². The van der Waals surface area contributed by atoms with Gasteiger partial charge in [0, 0.05) is 51.9 Å². The van der Waals surface area contributed by atoms with Gasteiger partial charge in [0.2, 0.25) is 0 Å². The molecule has 0 unspecified atom stereocenters. The first-order valence-electron chi connectivity index (χ1n) is 9.79. The van der Waals surface area contributed by atoms with Crippen LogP contribution in [-0.4, -0.2) is 73.1 Å². The molecule has 0 amide bonds. The quantitative estimate of drug-likeness (QED) is 0.716. The second kappa shape index (κ2) is 7.19. The smallest absolute Gasteiger partial charge is 0.0113 e. The molecule has 3 fully saturated rings. The van der Waals surface area contributed by atoms with E-state index in [2.05, 4.69) is 35.5 Å². The maximum atomic E-state index is 2.79. The van der Waals surface area contributed by atoms with Crippen LogP contribution < -0.4 is 0 Å². The highest BCUT2D eigenvalue weighted by molar-refractivity contribution is 4.96. The topological polar surface area (TPSA) is 9.72 Å². The van der Waals surface area contributed by atoms with Gasteiger partial charge in [0.1, 0.15) is 0 Å². The summed E-state index contributed by atoms with van der Waals surface area (Å²) in [5, 5.41) is 0. The van der Waals surface area contributed by atoms with E-state index in [1.165, 1.54) is 84.5 Å². The van der Waals surface area contributed by atoms with Gasteiger partial charge in [0.25, 0.3) is 0 Å². The highest BCUT2D eigenvalue weighted by Crippen LogP contribution is 2.50. The van der Waals surface area contributed by atoms with Crippen LogP contribution in [0.25, 0.3) is 0 Å². The summed E-state index contributed by atoms with van der Waals surface area (Å²) in [7, 11) is 0. The van der Waals surface area contributed by atoms with Crippen LogP contribution in [0.5, 0.6) is 0 Å². The summed E-state index contributed by atoms with van der Waals surface area (Å²) in [6.45, 7) is 17.6. The second-order valence-corrected chi connectivity index (χ2v) is 8.57. The fourth-order valence-corrected chi connectivity index (χ4v) is 4.70. The molecule has 22 heavy (non-hydrogen) atoms. The van der Waals surface area contributed by atoms with Gasteiger partial charge in [-0.05, 0) is 57.4 Å². The van der Waals surface area contributed by atoms with Crippen molar-refractivity contribution in [2.24, 2.45) is 11.3 Å². The zero-order valence-electron chi connectivity index (χ0n) is 15.2. The summed E-state index contributed by atoms with van der Waals surface area (Å²) in [4.78, 5) is 8.14. The van der Waals surface area contributed by atoms with E-state index in [-0.39, 0.29) is 0 Å². The van der Waals surface area contributed by atoms with Gasteiger partial charge >= 0.3 is 0 Å². The van der Waals surface area contributed by atoms with Gasteiger partial charge in [-0.2, -0.15) is 0 Å². The Balaban J connectivity index is 1.37. The molecule has 2 aliphatic heterocycles. The molecule has 0 aromatic carbocycles. The molecule has 3 nitrogen and oxygen atoms in total. The van der Waals surface area contributed by atoms with E-state index in [9.17, 15) is 0 Å². The van der Waals surface area contributed by atoms with Crippen molar-refractivity contribution < 1.29 is 0 Å². The van der Waals surface area contributed by atoms with E-state index < -0.39 is 0 Å². The molecule has 0 aromatic rings. The SMILES string of the molecule is CCCC1(CN2CC[C@H](CN3CCN(C(C)C)CC3)C2)CC1. The molecule has 1 saturated carbocycles. The van der Waals surface area contributed by atoms with Crippen LogP contribution in [0.1, 0.15) is 52.9 Å². The number of likely N-dealkylation sites (tertiary alicyclic amines) is 1. The zero-order chi connectivity index (χ0) is 15.6. The van der Waals surface area contributed by atoms with Gasteiger partial charge in [0.15, 0.2) is 0 Å². The van der Waals surface area contributed by atoms with Crippen molar-refractivity contribution in [3.05, 3.63) is 0 Å². The van der Waals surface area contributed by atoms with Crippen LogP contribution in [0.15, 0.2) is 0 Å². The van der Waals surface area contributed by atoms with E-state index in [4.69, 9.17) is 0 Å². The number of hydrogen-bond acceptors (Lipinski definition) is 3. The van der Waals surface area contributed by atoms with Gasteiger partial charge < -0.3 is 9.80 Å². The van der Waals surface area contributed by atoms with Crippen LogP contribution in [0.4, 0.5) is 0 Å². The molecule has 2 saturated heterocycles. The first kappa shape index (κ1) is 16.7. The second-order valence-electron chi connectivity index (χ2n) is 8.57. The first-order chi connectivity index (χ1) is 10.6. The molecule has 1 atom stereocenters. The van der Waals surface area contributed by atoms with Crippen molar-refractivity contribution in [3.8, 4) is 0 Å². The minimum atomic E-state index is 0.720. The maximum Gasteiger partial charge on any atom is 0.0113 e. The Morgan fingerprint density at radius 1 is 1.00 bits per heavy atom. The molecular formula is C19H37N3. The van der Waals surface area contributed by atoms with E-state index in [0.29, 0.717) is 0 Å². The predicted octanol–water partition coefficient (Wildman–Crippen LogP) is 2.91. The van der Waals surface area contributed by atoms with Crippen molar-refractivity contribution in [3.63, 3.8) is 0 Å². The van der Waals surface area contributed by atoms with E-state index in [0.717, 1.165) is 17.4 Å². The molecule has 1 aliphatic carbocycles. The van der Waals surface area contributed by atoms with Crippen LogP contribution in [0, 0.1) is 11.3 Å². The highest BCUT2D eigenvalue weighted by atomic mass is 15.3. The molecule has 0 spiro atoms. The fourth-order valence-electron chi connectivity index (χ4n) is 4.70. The molecule has 0 N–H and O–H groups in total. The van der Waals surface area contributed by atoms with Gasteiger partial charge in [-0.25, -0.2) is 0 Å². The summed E-state index contributed by atoms with van der Waals surface area (Å²) in [5.74, 6) is 0.933. The molecule has 2 heterocycles. The lowest BCUT2D eigenvalue weighted by Crippen LogP contribution is -2.50. The monoisotopic (exact) mass is 307 g/mol. The third-order valence-electron chi connectivity index (χ3n) is 6.32. The molecule has 128 valence electrons. The van der Waals surface area contributed by atoms with E-state index >= 15 is 0 Å². The van der Waals surface area contributed by atoms with Gasteiger partial charge in [0.05, 0.1) is 0 Å². The molecule has 0 bridgehead atoms. The average Bonchev–Trinajstić information content (AvgIpc) is 3.10. The van der Waals surface area contributed by atoms with Crippen molar-refractivity contribution in [2.75, 3.05) is 52.4 Å². The van der Waals surface area contributed by atoms with Crippen molar-refractivity contribution in [1.82, 2.24) is 14.7 Å². The third kappa shape index (κ3) is 4.24. The largest absolute Gasteiger partial charge is 0.302 e. The lowest BCUT2D eigenvalue weighted by atomic mass is 10.0. The Morgan fingerprint density at radius 2 is 1.73 bits per heavy atom. The van der Waals surface area contributed by atoms with Gasteiger partial charge in [-0.3, -0.25) is 4.90 Å². The van der Waals surface area contributed by atoms with Gasteiger partial charge in [-0.1, -0.05) is 13.3 Å². The summed E-state index contributed by atoms with van der Waals surface area (Å²) in [6, 6.07) is 0.720. The number of rotatable bonds is 7. The Bertz CT molecular complexity index is 343. The lowest BCUT2D eigenvalue weighted by molar-refractivity contribution is 0.0968. The number of piperazine rings is 1. The van der Waals surface area contributed by atoms with Crippen molar-refractivity contribution >= 4 is 0 Å². The predicted molar refractivity (Wildman–Crippen MR) is 94.3 cm³/mol. The lowest BCUT2D eigenvalue weighted by Gasteiger charge is -2.38. The number of nitrogens with zero attached hydrogens (tertiary/aromatic N) is 3. The molecule has 0 aromatic heterocycles. The molecular weight excluding hydrogens is 270 g/mol. The zero-order valence-corrected chi connectivity index (χ0v) is 15.2. The Morgan fingerprint density at radius 3 is 2.32 bits per heavy atom. The highest BCUT2D eigenvalue weighted by Gasteiger charge is 2.43. The van der Waals surface area contributed by atoms with Gasteiger partial charge in [-0.15, -0.1) is 0 Å². The summed E-state index contributed by atoms with van der Waals surface area (Å²) in [6.07, 6.45) is 7.27. The molecule has 3 aliphatic rings. The fraction of sp³-hybridized carbons (Fsp3) is 1.00. The van der Waals surface area contributed by atoms with Crippen LogP contribution >= 0.6 is 0 Å². The Hall–Kier alpha value is -0.120. The standard InChI is InChI=1S/C19H37N3/c1-4-6-19(7-8-19)16-21-9-5-18(15-21)14-20-10-12-22(13-11-20)17(2)3/h17-18H,4-16H2,1-3H3/t18-/m1/s1. The summed E-state index contributed by atoms with van der Waals surface area (Å²) >= 11 is 0. The van der Waals surface area contributed by atoms with E-state index in [1.54, 1.807) is 0 Å². The minimum absolute atomic E-state index is 0.720. The molecule has 3 rings (SSSR count). The normalized spacial score (nSPS) is 30.3. The summed E-state index contributed by atoms with van der Waals surface area (Å²) < 4.78 is 0. The number of hydrogen-bond donors (Lipinski definition) is 0. The maximum absolute atomic E-state index is 2.79. The Kier molecular flexibility index (Phi) is 5.47. The molecule has 3 heteroatoms.